The number of methoxy groups -OCH3 is 1. The molecule has 8 nitrogen and oxygen atoms in total. The monoisotopic (exact) mass is 533 g/mol. The van der Waals surface area contributed by atoms with Gasteiger partial charge in [0.25, 0.3) is 0 Å². The van der Waals surface area contributed by atoms with Crippen molar-refractivity contribution in [2.75, 3.05) is 24.3 Å². The first-order valence-electron chi connectivity index (χ1n) is 12.3. The highest BCUT2D eigenvalue weighted by Crippen LogP contribution is 2.33. The van der Waals surface area contributed by atoms with Crippen LogP contribution in [0.5, 0.6) is 5.75 Å². The van der Waals surface area contributed by atoms with Gasteiger partial charge in [0, 0.05) is 23.4 Å². The maximum absolute atomic E-state index is 13.6. The van der Waals surface area contributed by atoms with Crippen LogP contribution in [-0.4, -0.2) is 46.3 Å². The summed E-state index contributed by atoms with van der Waals surface area (Å²) < 4.78 is 33.8. The number of carbonyl (C=O) groups is 2. The van der Waals surface area contributed by atoms with Crippen LogP contribution in [0, 0.1) is 18.6 Å². The van der Waals surface area contributed by atoms with Crippen LogP contribution in [0.25, 0.3) is 16.8 Å². The number of hydrogen-bond acceptors (Lipinski definition) is 4. The standard InChI is InChI=1S/C29H29F2N5O3/c1-18(2)35(29(38)32-21-10-15-24(30)25(31)16-21)17-26(37)33-28-27(20-8-6-5-7-9-20)19(3)34-36(28)22-11-13-23(39-4)14-12-22/h5-16,18H,17H2,1-4H3,(H,32,38)(H,33,37). The van der Waals surface area contributed by atoms with Gasteiger partial charge in [0.05, 0.1) is 18.5 Å². The molecule has 10 heteroatoms. The molecule has 0 unspecified atom stereocenters. The number of urea groups is 1. The van der Waals surface area contributed by atoms with Crippen molar-refractivity contribution in [3.05, 3.63) is 90.1 Å². The smallest absolute Gasteiger partial charge is 0.322 e. The number of nitrogens with one attached hydrogen (secondary N) is 2. The van der Waals surface area contributed by atoms with Crippen molar-refractivity contribution >= 4 is 23.4 Å². The Bertz CT molecular complexity index is 1470. The Balaban J connectivity index is 1.63. The summed E-state index contributed by atoms with van der Waals surface area (Å²) in [7, 11) is 1.58. The van der Waals surface area contributed by atoms with Gasteiger partial charge in [0.2, 0.25) is 5.91 Å². The Morgan fingerprint density at radius 1 is 0.974 bits per heavy atom. The van der Waals surface area contributed by atoms with Crippen molar-refractivity contribution < 1.29 is 23.1 Å². The molecule has 0 saturated heterocycles. The van der Waals surface area contributed by atoms with E-state index in [0.717, 1.165) is 23.3 Å². The fourth-order valence-corrected chi connectivity index (χ4v) is 4.09. The highest BCUT2D eigenvalue weighted by molar-refractivity contribution is 5.99. The van der Waals surface area contributed by atoms with Gasteiger partial charge in [-0.15, -0.1) is 0 Å². The van der Waals surface area contributed by atoms with Gasteiger partial charge in [-0.2, -0.15) is 5.10 Å². The molecule has 4 rings (SSSR count). The molecule has 0 aliphatic rings. The van der Waals surface area contributed by atoms with Crippen molar-refractivity contribution in [3.8, 4) is 22.6 Å². The van der Waals surface area contributed by atoms with Gasteiger partial charge < -0.3 is 20.3 Å². The summed E-state index contributed by atoms with van der Waals surface area (Å²) in [5.41, 5.74) is 3.07. The predicted molar refractivity (Wildman–Crippen MR) is 146 cm³/mol. The average molecular weight is 534 g/mol. The largest absolute Gasteiger partial charge is 0.497 e. The van der Waals surface area contributed by atoms with Crippen molar-refractivity contribution in [1.82, 2.24) is 14.7 Å². The normalized spacial score (nSPS) is 10.8. The van der Waals surface area contributed by atoms with Crippen LogP contribution in [0.3, 0.4) is 0 Å². The van der Waals surface area contributed by atoms with E-state index in [1.54, 1.807) is 37.8 Å². The number of halogens is 2. The summed E-state index contributed by atoms with van der Waals surface area (Å²) in [4.78, 5) is 27.6. The van der Waals surface area contributed by atoms with E-state index < -0.39 is 23.6 Å². The third-order valence-electron chi connectivity index (χ3n) is 6.07. The molecule has 0 aliphatic carbocycles. The second kappa shape index (κ2) is 11.8. The van der Waals surface area contributed by atoms with Crippen LogP contribution in [0.1, 0.15) is 19.5 Å². The molecule has 3 amide bonds. The first-order chi connectivity index (χ1) is 18.7. The molecule has 0 aliphatic heterocycles. The number of carbonyl (C=O) groups excluding carboxylic acids is 2. The molecule has 0 bridgehead atoms. The van der Waals surface area contributed by atoms with E-state index in [1.165, 1.54) is 11.0 Å². The van der Waals surface area contributed by atoms with Gasteiger partial charge in [0.15, 0.2) is 11.6 Å². The maximum Gasteiger partial charge on any atom is 0.322 e. The lowest BCUT2D eigenvalue weighted by molar-refractivity contribution is -0.117. The van der Waals surface area contributed by atoms with Gasteiger partial charge in [-0.25, -0.2) is 18.3 Å². The van der Waals surface area contributed by atoms with Crippen LogP contribution in [-0.2, 0) is 4.79 Å². The zero-order valence-electron chi connectivity index (χ0n) is 22.0. The number of aryl methyl sites for hydroxylation is 1. The number of nitrogens with zero attached hydrogens (tertiary/aromatic N) is 3. The maximum atomic E-state index is 13.6. The zero-order valence-corrected chi connectivity index (χ0v) is 22.0. The second-order valence-electron chi connectivity index (χ2n) is 9.11. The van der Waals surface area contributed by atoms with E-state index in [2.05, 4.69) is 15.7 Å². The average Bonchev–Trinajstić information content (AvgIpc) is 3.24. The number of ether oxygens (including phenoxy) is 1. The number of rotatable bonds is 8. The lowest BCUT2D eigenvalue weighted by atomic mass is 10.1. The fraction of sp³-hybridized carbons (Fsp3) is 0.207. The molecule has 2 N–H and O–H groups in total. The summed E-state index contributed by atoms with van der Waals surface area (Å²) in [5.74, 6) is -1.45. The van der Waals surface area contributed by atoms with E-state index in [0.29, 0.717) is 22.9 Å². The zero-order chi connectivity index (χ0) is 28.1. The lowest BCUT2D eigenvalue weighted by Crippen LogP contribution is -2.44. The third kappa shape index (κ3) is 6.23. The molecule has 0 fully saturated rings. The first-order valence-corrected chi connectivity index (χ1v) is 12.3. The Morgan fingerprint density at radius 2 is 1.67 bits per heavy atom. The molecular weight excluding hydrogens is 504 g/mol. The van der Waals surface area contributed by atoms with Crippen molar-refractivity contribution in [3.63, 3.8) is 0 Å². The molecule has 39 heavy (non-hydrogen) atoms. The highest BCUT2D eigenvalue weighted by atomic mass is 19.2. The molecule has 1 aromatic heterocycles. The summed E-state index contributed by atoms with van der Waals surface area (Å²) in [6.45, 7) is 5.06. The fourth-order valence-electron chi connectivity index (χ4n) is 4.09. The molecule has 0 spiro atoms. The van der Waals surface area contributed by atoms with E-state index in [9.17, 15) is 18.4 Å². The van der Waals surface area contributed by atoms with E-state index in [1.807, 2.05) is 49.4 Å². The third-order valence-corrected chi connectivity index (χ3v) is 6.07. The summed E-state index contributed by atoms with van der Waals surface area (Å²) in [5, 5.41) is 10.2. The molecule has 0 saturated carbocycles. The second-order valence-corrected chi connectivity index (χ2v) is 9.11. The number of aromatic nitrogens is 2. The van der Waals surface area contributed by atoms with Crippen LogP contribution in [0.4, 0.5) is 25.1 Å². The van der Waals surface area contributed by atoms with Crippen LogP contribution in [0.2, 0.25) is 0 Å². The predicted octanol–water partition coefficient (Wildman–Crippen LogP) is 6.02. The summed E-state index contributed by atoms with van der Waals surface area (Å²) in [6, 6.07) is 18.8. The summed E-state index contributed by atoms with van der Waals surface area (Å²) in [6.07, 6.45) is 0. The van der Waals surface area contributed by atoms with E-state index in [4.69, 9.17) is 4.74 Å². The molecule has 3 aromatic carbocycles. The van der Waals surface area contributed by atoms with Crippen LogP contribution < -0.4 is 15.4 Å². The minimum atomic E-state index is -1.09. The SMILES string of the molecule is COc1ccc(-n2nc(C)c(-c3ccccc3)c2NC(=O)CN(C(=O)Nc2ccc(F)c(F)c2)C(C)C)cc1. The van der Waals surface area contributed by atoms with Gasteiger partial charge in [-0.05, 0) is 62.7 Å². The van der Waals surface area contributed by atoms with E-state index >= 15 is 0 Å². The minimum Gasteiger partial charge on any atom is -0.497 e. The first kappa shape index (κ1) is 27.3. The Hall–Kier alpha value is -4.73. The minimum absolute atomic E-state index is 0.0736. The van der Waals surface area contributed by atoms with Crippen LogP contribution in [0.15, 0.2) is 72.8 Å². The quantitative estimate of drug-likeness (QED) is 0.290. The lowest BCUT2D eigenvalue weighted by Gasteiger charge is -2.26. The van der Waals surface area contributed by atoms with Gasteiger partial charge in [-0.1, -0.05) is 30.3 Å². The number of benzene rings is 3. The van der Waals surface area contributed by atoms with E-state index in [-0.39, 0.29) is 18.3 Å². The number of hydrogen-bond donors (Lipinski definition) is 2. The molecular formula is C29H29F2N5O3. The van der Waals surface area contributed by atoms with Gasteiger partial charge in [-0.3, -0.25) is 4.79 Å². The van der Waals surface area contributed by atoms with Gasteiger partial charge in [0.1, 0.15) is 18.1 Å². The molecule has 202 valence electrons. The number of amides is 3. The Morgan fingerprint density at radius 3 is 2.28 bits per heavy atom. The van der Waals surface area contributed by atoms with Crippen molar-refractivity contribution in [2.45, 2.75) is 26.8 Å². The Labute approximate surface area is 225 Å². The Kier molecular flexibility index (Phi) is 8.24. The molecule has 4 aromatic rings. The number of anilines is 2. The molecule has 1 heterocycles. The molecule has 0 radical (unpaired) electrons. The highest BCUT2D eigenvalue weighted by Gasteiger charge is 2.24. The summed E-state index contributed by atoms with van der Waals surface area (Å²) >= 11 is 0. The van der Waals surface area contributed by atoms with Crippen molar-refractivity contribution in [1.29, 1.82) is 0 Å². The van der Waals surface area contributed by atoms with Crippen molar-refractivity contribution in [2.24, 2.45) is 0 Å². The van der Waals surface area contributed by atoms with Crippen LogP contribution >= 0.6 is 0 Å². The topological polar surface area (TPSA) is 88.5 Å². The molecule has 0 atom stereocenters. The van der Waals surface area contributed by atoms with Gasteiger partial charge >= 0.3 is 6.03 Å².